The van der Waals surface area contributed by atoms with E-state index in [1.807, 2.05) is 0 Å². The predicted molar refractivity (Wildman–Crippen MR) is 32.2 cm³/mol. The molecule has 0 aliphatic rings. The molecule has 0 aromatic heterocycles. The van der Waals surface area contributed by atoms with E-state index in [0.29, 0.717) is 16.2 Å². The van der Waals surface area contributed by atoms with Crippen molar-refractivity contribution in [3.05, 3.63) is 0 Å². The van der Waals surface area contributed by atoms with Crippen LogP contribution < -0.4 is 0 Å². The molecule has 0 heterocycles. The standard InChI is InChI=1S/Al.Ba.Mg.2H2O.O.5H/h;;;2*1H2;;;;;;. The summed E-state index contributed by atoms with van der Waals surface area (Å²) in [6.45, 7) is 0. The summed E-state index contributed by atoms with van der Waals surface area (Å²) in [6.07, 6.45) is 0. The molecule has 0 saturated heterocycles. The van der Waals surface area contributed by atoms with E-state index >= 15 is 0 Å². The van der Waals surface area contributed by atoms with Crippen molar-refractivity contribution in [3.63, 3.8) is 0 Å². The minimum atomic E-state index is 0. The summed E-state index contributed by atoms with van der Waals surface area (Å²) in [5.74, 6) is 0. The second kappa shape index (κ2) is 49.1. The predicted octanol–water partition coefficient (Wildman–Crippen LogP) is -4.25. The molecule has 6 heteroatoms. The molecule has 0 bridgehead atoms. The Morgan fingerprint density at radius 1 is 1.00 bits per heavy atom. The van der Waals surface area contributed by atoms with Crippen molar-refractivity contribution in [1.29, 1.82) is 0 Å². The van der Waals surface area contributed by atoms with E-state index in [-0.39, 0.29) is 82.9 Å². The SMILES string of the molecule is O.O.[BaH2].[MgH2].[O]=[AlH]. The molecule has 4 N–H and O–H groups in total. The molecule has 0 rings (SSSR count). The molecule has 0 aliphatic heterocycles. The Balaban J connectivity index is -0.000000000833. The zero-order valence-corrected chi connectivity index (χ0v) is 3.53. The van der Waals surface area contributed by atoms with Gasteiger partial charge < -0.3 is 11.0 Å². The topological polar surface area (TPSA) is 80.1 Å². The zero-order chi connectivity index (χ0) is 2.00. The van der Waals surface area contributed by atoms with Gasteiger partial charge in [-0.25, -0.2) is 0 Å². The van der Waals surface area contributed by atoms with Crippen LogP contribution in [0.15, 0.2) is 0 Å². The van der Waals surface area contributed by atoms with Gasteiger partial charge in [0.15, 0.2) is 0 Å². The molecule has 0 atom stereocenters. The average molecular weight is 246 g/mol. The van der Waals surface area contributed by atoms with Crippen molar-refractivity contribution in [2.75, 3.05) is 0 Å². The van der Waals surface area contributed by atoms with Gasteiger partial charge in [0.2, 0.25) is 0 Å². The monoisotopic (exact) mass is 246 g/mol. The van der Waals surface area contributed by atoms with E-state index in [1.165, 1.54) is 0 Å². The molecule has 0 aliphatic carbocycles. The van der Waals surface area contributed by atoms with Crippen molar-refractivity contribution < 1.29 is 14.8 Å². The van der Waals surface area contributed by atoms with Crippen molar-refractivity contribution >= 4 is 88.2 Å². The Morgan fingerprint density at radius 2 is 1.00 bits per heavy atom. The summed E-state index contributed by atoms with van der Waals surface area (Å²) >= 11 is 0.611. The molecular weight excluding hydrogens is 237 g/mol. The van der Waals surface area contributed by atoms with Crippen molar-refractivity contribution in [2.24, 2.45) is 0 Å². The van der Waals surface area contributed by atoms with Crippen LogP contribution in [0.5, 0.6) is 0 Å². The van der Waals surface area contributed by atoms with Crippen LogP contribution in [-0.2, 0) is 3.80 Å². The van der Waals surface area contributed by atoms with Crippen LogP contribution in [0.25, 0.3) is 0 Å². The van der Waals surface area contributed by atoms with Gasteiger partial charge in [0.1, 0.15) is 0 Å². The van der Waals surface area contributed by atoms with Gasteiger partial charge in [-0.1, -0.05) is 0 Å². The Kier molecular flexibility index (Phi) is 314. The van der Waals surface area contributed by atoms with E-state index in [1.54, 1.807) is 0 Å². The van der Waals surface area contributed by atoms with Crippen molar-refractivity contribution in [1.82, 2.24) is 0 Å². The van der Waals surface area contributed by atoms with Crippen LogP contribution >= 0.6 is 0 Å². The maximum atomic E-state index is 8.28. The minimum absolute atomic E-state index is 0. The first-order valence-corrected chi connectivity index (χ1v) is 0.866. The Hall–Kier alpha value is 2.59. The van der Waals surface area contributed by atoms with E-state index in [0.717, 1.165) is 0 Å². The third-order valence-corrected chi connectivity index (χ3v) is 0. The first-order valence-electron chi connectivity index (χ1n) is 0.289. The fourth-order valence-corrected chi connectivity index (χ4v) is 0. The quantitative estimate of drug-likeness (QED) is 0.398. The van der Waals surface area contributed by atoms with Gasteiger partial charge in [-0.05, 0) is 0 Å². The molecular formula is H9AlBaMgO3. The molecule has 3 nitrogen and oxygen atoms in total. The third-order valence-electron chi connectivity index (χ3n) is 0. The average Bonchev–Trinajstić information content (AvgIpc) is 1.00. The number of hydrogen-bond donors (Lipinski definition) is 0. The molecule has 0 aromatic rings. The normalized spacial score (nSPS) is 0.500. The van der Waals surface area contributed by atoms with Gasteiger partial charge in [-0.15, -0.1) is 0 Å². The first kappa shape index (κ1) is 38.4. The molecule has 0 aromatic carbocycles. The fraction of sp³-hybridized carbons (Fsp3) is 0. The van der Waals surface area contributed by atoms with Crippen LogP contribution in [0, 0.1) is 0 Å². The molecule has 0 amide bonds. The molecule has 0 spiro atoms. The van der Waals surface area contributed by atoms with Crippen LogP contribution in [0.2, 0.25) is 0 Å². The van der Waals surface area contributed by atoms with E-state index in [2.05, 4.69) is 0 Å². The molecule has 0 unspecified atom stereocenters. The molecule has 0 radical (unpaired) electrons. The van der Waals surface area contributed by atoms with Gasteiger partial charge in [0.05, 0.1) is 0 Å². The Bertz CT molecular complexity index is 10.8. The maximum absolute atomic E-state index is 8.28. The number of hydrogen-bond acceptors (Lipinski definition) is 1. The third kappa shape index (κ3) is 30.7. The second-order valence-electron chi connectivity index (χ2n) is 0. The summed E-state index contributed by atoms with van der Waals surface area (Å²) < 4.78 is 8.28. The molecule has 0 fully saturated rings. The van der Waals surface area contributed by atoms with E-state index in [9.17, 15) is 0 Å². The van der Waals surface area contributed by atoms with Gasteiger partial charge in [-0.3, -0.25) is 0 Å². The van der Waals surface area contributed by atoms with Gasteiger partial charge in [0.25, 0.3) is 0 Å². The van der Waals surface area contributed by atoms with Gasteiger partial charge in [-0.2, -0.15) is 0 Å². The summed E-state index contributed by atoms with van der Waals surface area (Å²) in [6, 6.07) is 0. The molecule has 34 valence electrons. The van der Waals surface area contributed by atoms with Crippen LogP contribution in [0.4, 0.5) is 0 Å². The Morgan fingerprint density at radius 3 is 1.00 bits per heavy atom. The summed E-state index contributed by atoms with van der Waals surface area (Å²) in [7, 11) is 0. The molecule has 6 heavy (non-hydrogen) atoms. The van der Waals surface area contributed by atoms with Gasteiger partial charge >= 0.3 is 92.0 Å². The molecule has 0 saturated carbocycles. The summed E-state index contributed by atoms with van der Waals surface area (Å²) in [5, 5.41) is 0. The number of rotatable bonds is 0. The van der Waals surface area contributed by atoms with Crippen LogP contribution in [0.1, 0.15) is 0 Å². The van der Waals surface area contributed by atoms with E-state index in [4.69, 9.17) is 3.80 Å². The summed E-state index contributed by atoms with van der Waals surface area (Å²) in [5.41, 5.74) is 0. The van der Waals surface area contributed by atoms with Crippen LogP contribution in [-0.4, -0.2) is 99.1 Å². The Labute approximate surface area is 101 Å². The second-order valence-corrected chi connectivity index (χ2v) is 0. The van der Waals surface area contributed by atoms with Gasteiger partial charge in [0, 0.05) is 0 Å². The summed E-state index contributed by atoms with van der Waals surface area (Å²) in [4.78, 5) is 0. The first-order chi connectivity index (χ1) is 1.00. The zero-order valence-electron chi connectivity index (χ0n) is 2.12. The van der Waals surface area contributed by atoms with Crippen LogP contribution in [0.3, 0.4) is 0 Å². The van der Waals surface area contributed by atoms with Crippen molar-refractivity contribution in [3.8, 4) is 0 Å². The van der Waals surface area contributed by atoms with Crippen molar-refractivity contribution in [2.45, 2.75) is 0 Å². The van der Waals surface area contributed by atoms with E-state index < -0.39 is 0 Å². The fourth-order valence-electron chi connectivity index (χ4n) is 0.